The third-order valence-electron chi connectivity index (χ3n) is 4.85. The summed E-state index contributed by atoms with van der Waals surface area (Å²) in [7, 11) is 0. The molecule has 10 heteroatoms. The first-order valence-corrected chi connectivity index (χ1v) is 9.88. The molecule has 5 nitrogen and oxygen atoms in total. The van der Waals surface area contributed by atoms with E-state index in [1.165, 1.54) is 24.3 Å². The van der Waals surface area contributed by atoms with Crippen molar-refractivity contribution >= 4 is 52.3 Å². The van der Waals surface area contributed by atoms with Crippen LogP contribution in [0, 0.1) is 0 Å². The van der Waals surface area contributed by atoms with Crippen LogP contribution in [0.15, 0.2) is 53.4 Å². The van der Waals surface area contributed by atoms with Crippen LogP contribution in [0.4, 0.5) is 30.2 Å². The van der Waals surface area contributed by atoms with Gasteiger partial charge < -0.3 is 15.6 Å². The average molecular weight is 465 g/mol. The van der Waals surface area contributed by atoms with Gasteiger partial charge in [-0.3, -0.25) is 9.59 Å². The minimum atomic E-state index is -4.69. The van der Waals surface area contributed by atoms with Gasteiger partial charge in [0.25, 0.3) is 0 Å². The molecule has 0 aromatic heterocycles. The van der Waals surface area contributed by atoms with Crippen molar-refractivity contribution < 1.29 is 27.3 Å². The summed E-state index contributed by atoms with van der Waals surface area (Å²) in [5.74, 6) is -1.03. The molecule has 0 radical (unpaired) electrons. The normalized spacial score (nSPS) is 13.1. The fourth-order valence-corrected chi connectivity index (χ4v) is 4.04. The summed E-state index contributed by atoms with van der Waals surface area (Å²) < 4.78 is 49.3. The zero-order valence-corrected chi connectivity index (χ0v) is 17.0. The predicted molar refractivity (Wildman–Crippen MR) is 112 cm³/mol. The van der Waals surface area contributed by atoms with Gasteiger partial charge in [-0.05, 0) is 24.3 Å². The van der Waals surface area contributed by atoms with Crippen molar-refractivity contribution in [2.45, 2.75) is 11.1 Å². The molecular weight excluding hydrogens is 453 g/mol. The lowest BCUT2D eigenvalue weighted by molar-refractivity contribution is -0.137. The number of rotatable bonds is 3. The lowest BCUT2D eigenvalue weighted by Crippen LogP contribution is -2.24. The van der Waals surface area contributed by atoms with Crippen molar-refractivity contribution in [1.29, 1.82) is 0 Å². The van der Waals surface area contributed by atoms with Crippen molar-refractivity contribution in [1.82, 2.24) is 0 Å². The lowest BCUT2D eigenvalue weighted by atomic mass is 9.82. The smallest absolute Gasteiger partial charge is 0.397 e. The minimum Gasteiger partial charge on any atom is -0.397 e. The first-order valence-electron chi connectivity index (χ1n) is 8.73. The van der Waals surface area contributed by atoms with Gasteiger partial charge in [0.15, 0.2) is 11.6 Å². The van der Waals surface area contributed by atoms with Crippen LogP contribution >= 0.6 is 23.6 Å². The molecule has 0 heterocycles. The first kappa shape index (κ1) is 21.2. The van der Waals surface area contributed by atoms with Gasteiger partial charge in [0.1, 0.15) is 0 Å². The number of alkyl halides is 3. The Balaban J connectivity index is 1.91. The molecule has 0 atom stereocenters. The Morgan fingerprint density at radius 2 is 1.58 bits per heavy atom. The van der Waals surface area contributed by atoms with E-state index < -0.39 is 28.3 Å². The Labute approximate surface area is 183 Å². The molecule has 3 aromatic rings. The van der Waals surface area contributed by atoms with Crippen LogP contribution in [-0.4, -0.2) is 16.1 Å². The molecule has 4 N–H and O–H groups in total. The molecule has 0 aliphatic heterocycles. The Hall–Kier alpha value is -3.01. The molecule has 0 saturated carbocycles. The number of nitrogens with one attached hydrogen (secondary N) is 1. The average Bonchev–Trinajstić information content (AvgIpc) is 2.73. The summed E-state index contributed by atoms with van der Waals surface area (Å²) in [6.07, 6.45) is -4.69. The zero-order valence-electron chi connectivity index (χ0n) is 15.4. The quantitative estimate of drug-likeness (QED) is 0.253. The van der Waals surface area contributed by atoms with Crippen LogP contribution in [0.25, 0.3) is 0 Å². The topological polar surface area (TPSA) is 92.4 Å². The van der Waals surface area contributed by atoms with E-state index in [1.54, 1.807) is 12.1 Å². The highest BCUT2D eigenvalue weighted by Crippen LogP contribution is 2.42. The van der Waals surface area contributed by atoms with Crippen LogP contribution in [0.1, 0.15) is 37.4 Å². The summed E-state index contributed by atoms with van der Waals surface area (Å²) in [6, 6.07) is 10.6. The second-order valence-corrected chi connectivity index (χ2v) is 7.73. The molecule has 4 rings (SSSR count). The van der Waals surface area contributed by atoms with Crippen LogP contribution in [0.5, 0.6) is 0 Å². The summed E-state index contributed by atoms with van der Waals surface area (Å²) >= 11 is 5.92. The van der Waals surface area contributed by atoms with Gasteiger partial charge in [0, 0.05) is 28.9 Å². The molecule has 3 aromatic carbocycles. The van der Waals surface area contributed by atoms with Crippen molar-refractivity contribution in [2.24, 2.45) is 0 Å². The maximum Gasteiger partial charge on any atom is 0.417 e. The number of nitrogen functional groups attached to an aromatic ring is 1. The van der Waals surface area contributed by atoms with E-state index in [9.17, 15) is 27.3 Å². The summed E-state index contributed by atoms with van der Waals surface area (Å²) in [5, 5.41) is 2.26. The van der Waals surface area contributed by atoms with Gasteiger partial charge in [-0.15, -0.1) is 0 Å². The van der Waals surface area contributed by atoms with Crippen molar-refractivity contribution in [3.63, 3.8) is 0 Å². The maximum absolute atomic E-state index is 13.2. The van der Waals surface area contributed by atoms with Crippen molar-refractivity contribution in [3.8, 4) is 0 Å². The van der Waals surface area contributed by atoms with Gasteiger partial charge >= 0.3 is 6.18 Å². The van der Waals surface area contributed by atoms with E-state index in [2.05, 4.69) is 5.32 Å². The molecule has 0 spiro atoms. The monoisotopic (exact) mass is 464 g/mol. The maximum atomic E-state index is 13.2. The third kappa shape index (κ3) is 3.54. The number of carbonyl (C=O) groups is 2. The fraction of sp³-hybridized carbons (Fsp3) is 0.0476. The highest BCUT2D eigenvalue weighted by molar-refractivity contribution is 7.94. The van der Waals surface area contributed by atoms with Gasteiger partial charge in [0.05, 0.1) is 38.0 Å². The molecule has 0 bridgehead atoms. The lowest BCUT2D eigenvalue weighted by Gasteiger charge is -2.24. The Morgan fingerprint density at radius 3 is 2.16 bits per heavy atom. The van der Waals surface area contributed by atoms with Crippen molar-refractivity contribution in [2.75, 3.05) is 11.1 Å². The molecule has 0 amide bonds. The van der Waals surface area contributed by atoms with Crippen LogP contribution in [0.3, 0.4) is 0 Å². The van der Waals surface area contributed by atoms with E-state index in [1.807, 2.05) is 0 Å². The fourth-order valence-electron chi connectivity index (χ4n) is 3.44. The Kier molecular flexibility index (Phi) is 5.20. The molecule has 158 valence electrons. The van der Waals surface area contributed by atoms with E-state index >= 15 is 0 Å². The van der Waals surface area contributed by atoms with Gasteiger partial charge in [-0.25, -0.2) is 0 Å². The van der Waals surface area contributed by atoms with Gasteiger partial charge in [-0.1, -0.05) is 35.9 Å². The van der Waals surface area contributed by atoms with E-state index in [-0.39, 0.29) is 56.3 Å². The van der Waals surface area contributed by atoms with Crippen LogP contribution in [0.2, 0.25) is 5.02 Å². The second-order valence-electron chi connectivity index (χ2n) is 6.70. The highest BCUT2D eigenvalue weighted by Gasteiger charge is 2.36. The molecule has 1 aliphatic carbocycles. The van der Waals surface area contributed by atoms with E-state index in [4.69, 9.17) is 17.3 Å². The number of anilines is 3. The van der Waals surface area contributed by atoms with Gasteiger partial charge in [-0.2, -0.15) is 13.2 Å². The number of hydrogen-bond acceptors (Lipinski definition) is 6. The molecule has 0 saturated heterocycles. The number of nitrogens with two attached hydrogens (primary N) is 1. The second kappa shape index (κ2) is 7.60. The molecule has 31 heavy (non-hydrogen) atoms. The molecular formula is C21H12ClF3N2O3S. The molecule has 0 fully saturated rings. The summed E-state index contributed by atoms with van der Waals surface area (Å²) in [5.41, 5.74) is 5.01. The number of hydrogen-bond donors (Lipinski definition) is 3. The molecule has 1 aliphatic rings. The third-order valence-corrected chi connectivity index (χ3v) is 5.71. The number of halogens is 4. The standard InChI is InChI=1S/C21H12ClF3N2O3S/c22-13-6-5-9(7-12(13)21(23,24)25)27-14-8-15(31-30)18(26)17-16(14)19(28)10-3-1-2-4-11(10)20(17)29/h1-8,27,30H,26H2. The number of benzene rings is 3. The van der Waals surface area contributed by atoms with Crippen molar-refractivity contribution in [3.05, 3.63) is 81.4 Å². The Morgan fingerprint density at radius 1 is 0.968 bits per heavy atom. The largest absolute Gasteiger partial charge is 0.417 e. The van der Waals surface area contributed by atoms with Crippen LogP contribution < -0.4 is 11.1 Å². The number of fused-ring (bicyclic) bond motifs is 2. The Bertz CT molecular complexity index is 1260. The van der Waals surface area contributed by atoms with E-state index in [0.717, 1.165) is 12.1 Å². The van der Waals surface area contributed by atoms with E-state index in [0.29, 0.717) is 0 Å². The van der Waals surface area contributed by atoms with Crippen LogP contribution in [-0.2, 0) is 6.18 Å². The number of carbonyl (C=O) groups excluding carboxylic acids is 2. The zero-order chi connectivity index (χ0) is 22.5. The number of ketones is 2. The summed E-state index contributed by atoms with van der Waals surface area (Å²) in [6.45, 7) is 0. The van der Waals surface area contributed by atoms with Gasteiger partial charge in [0.2, 0.25) is 0 Å². The highest BCUT2D eigenvalue weighted by atomic mass is 35.5. The SMILES string of the molecule is Nc1c(SO)cc(Nc2ccc(Cl)c(C(F)(F)F)c2)c2c1C(=O)c1ccccc1C2=O. The predicted octanol–water partition coefficient (Wildman–Crippen LogP) is 6.03. The summed E-state index contributed by atoms with van der Waals surface area (Å²) in [4.78, 5) is 26.3. The molecule has 0 unspecified atom stereocenters. The minimum absolute atomic E-state index is 0.0170. The first-order chi connectivity index (χ1) is 14.6.